The Morgan fingerprint density at radius 1 is 1.35 bits per heavy atom. The van der Waals surface area contributed by atoms with Gasteiger partial charge in [-0.2, -0.15) is 0 Å². The lowest BCUT2D eigenvalue weighted by molar-refractivity contribution is 0.714. The molecular weight excluding hydrogens is 313 g/mol. The van der Waals surface area contributed by atoms with Gasteiger partial charge in [0.15, 0.2) is 0 Å². The lowest BCUT2D eigenvalue weighted by Gasteiger charge is -2.04. The lowest BCUT2D eigenvalue weighted by Crippen LogP contribution is -2.12. The van der Waals surface area contributed by atoms with Crippen LogP contribution in [0.15, 0.2) is 12.3 Å². The van der Waals surface area contributed by atoms with Crippen molar-refractivity contribution >= 4 is 34.5 Å². The summed E-state index contributed by atoms with van der Waals surface area (Å²) in [5, 5.41) is 5.27. The fourth-order valence-electron chi connectivity index (χ4n) is 1.85. The van der Waals surface area contributed by atoms with Gasteiger partial charge in [0.25, 0.3) is 0 Å². The second-order valence-electron chi connectivity index (χ2n) is 4.75. The first-order valence-electron chi connectivity index (χ1n) is 6.54. The Morgan fingerprint density at radius 3 is 2.70 bits per heavy atom. The molecule has 6 heteroatoms. The van der Waals surface area contributed by atoms with Crippen molar-refractivity contribution in [3.05, 3.63) is 32.9 Å². The molecule has 0 saturated carbocycles. The minimum absolute atomic E-state index is 0.375. The largest absolute Gasteiger partial charge is 0.312 e. The van der Waals surface area contributed by atoms with Crippen molar-refractivity contribution in [3.63, 3.8) is 0 Å². The minimum atomic E-state index is 0.375. The molecule has 0 aliphatic heterocycles. The van der Waals surface area contributed by atoms with E-state index in [1.165, 1.54) is 4.88 Å². The normalized spacial score (nSPS) is 11.3. The zero-order chi connectivity index (χ0) is 14.7. The van der Waals surface area contributed by atoms with Gasteiger partial charge in [0.2, 0.25) is 0 Å². The van der Waals surface area contributed by atoms with Crippen LogP contribution in [0.4, 0.5) is 0 Å². The van der Waals surface area contributed by atoms with Gasteiger partial charge in [-0.3, -0.25) is 4.98 Å². The molecule has 2 rings (SSSR count). The summed E-state index contributed by atoms with van der Waals surface area (Å²) in [6.07, 6.45) is 1.60. The molecule has 2 aromatic heterocycles. The molecule has 0 aromatic carbocycles. The SMILES string of the molecule is CCNCc1sc(-c2ncc(Cl)cc2Cl)nc1C(C)C. The van der Waals surface area contributed by atoms with E-state index in [0.717, 1.165) is 23.8 Å². The maximum absolute atomic E-state index is 6.21. The van der Waals surface area contributed by atoms with Crippen LogP contribution in [0.5, 0.6) is 0 Å². The highest BCUT2D eigenvalue weighted by Gasteiger charge is 2.17. The highest BCUT2D eigenvalue weighted by atomic mass is 35.5. The van der Waals surface area contributed by atoms with Crippen LogP contribution in [0.3, 0.4) is 0 Å². The van der Waals surface area contributed by atoms with Gasteiger partial charge >= 0.3 is 0 Å². The molecule has 0 aliphatic rings. The Bertz CT molecular complexity index is 596. The molecule has 0 fully saturated rings. The summed E-state index contributed by atoms with van der Waals surface area (Å²) in [7, 11) is 0. The molecule has 3 nitrogen and oxygen atoms in total. The summed E-state index contributed by atoms with van der Waals surface area (Å²) in [6, 6.07) is 1.70. The van der Waals surface area contributed by atoms with E-state index in [0.29, 0.717) is 21.7 Å². The Kier molecular flexibility index (Phi) is 5.38. The van der Waals surface area contributed by atoms with Crippen molar-refractivity contribution < 1.29 is 0 Å². The Labute approximate surface area is 133 Å². The molecule has 1 N–H and O–H groups in total. The highest BCUT2D eigenvalue weighted by molar-refractivity contribution is 7.15. The molecule has 0 radical (unpaired) electrons. The Morgan fingerprint density at radius 2 is 2.10 bits per heavy atom. The quantitative estimate of drug-likeness (QED) is 0.860. The van der Waals surface area contributed by atoms with Gasteiger partial charge < -0.3 is 5.32 Å². The number of rotatable bonds is 5. The van der Waals surface area contributed by atoms with Crippen molar-refractivity contribution in [2.45, 2.75) is 33.2 Å². The number of aromatic nitrogens is 2. The van der Waals surface area contributed by atoms with Crippen LogP contribution in [-0.4, -0.2) is 16.5 Å². The molecular formula is C14H17Cl2N3S. The molecule has 2 aromatic rings. The van der Waals surface area contributed by atoms with Crippen molar-refractivity contribution in [2.24, 2.45) is 0 Å². The predicted molar refractivity (Wildman–Crippen MR) is 86.8 cm³/mol. The molecule has 0 aliphatic carbocycles. The molecule has 20 heavy (non-hydrogen) atoms. The Hall–Kier alpha value is -0.680. The first kappa shape index (κ1) is 15.7. The number of pyridine rings is 1. The van der Waals surface area contributed by atoms with Gasteiger partial charge in [-0.1, -0.05) is 44.0 Å². The molecule has 0 unspecified atom stereocenters. The van der Waals surface area contributed by atoms with Gasteiger partial charge in [-0.05, 0) is 18.5 Å². The number of hydrogen-bond donors (Lipinski definition) is 1. The number of nitrogens with one attached hydrogen (secondary N) is 1. The van der Waals surface area contributed by atoms with Crippen LogP contribution >= 0.6 is 34.5 Å². The fraction of sp³-hybridized carbons (Fsp3) is 0.429. The van der Waals surface area contributed by atoms with Crippen molar-refractivity contribution in [2.75, 3.05) is 6.54 Å². The van der Waals surface area contributed by atoms with Gasteiger partial charge in [0.05, 0.1) is 15.7 Å². The van der Waals surface area contributed by atoms with Crippen LogP contribution in [0.2, 0.25) is 10.0 Å². The molecule has 0 atom stereocenters. The third kappa shape index (κ3) is 3.50. The molecule has 108 valence electrons. The molecule has 2 heterocycles. The van der Waals surface area contributed by atoms with Crippen molar-refractivity contribution in [1.82, 2.24) is 15.3 Å². The van der Waals surface area contributed by atoms with Gasteiger partial charge in [-0.15, -0.1) is 11.3 Å². The van der Waals surface area contributed by atoms with Crippen LogP contribution < -0.4 is 5.32 Å². The summed E-state index contributed by atoms with van der Waals surface area (Å²) in [4.78, 5) is 10.3. The zero-order valence-electron chi connectivity index (χ0n) is 11.7. The van der Waals surface area contributed by atoms with Crippen LogP contribution in [0.25, 0.3) is 10.7 Å². The van der Waals surface area contributed by atoms with Gasteiger partial charge in [0, 0.05) is 17.6 Å². The van der Waals surface area contributed by atoms with E-state index in [1.807, 2.05) is 0 Å². The average Bonchev–Trinajstić information content (AvgIpc) is 2.80. The topological polar surface area (TPSA) is 37.8 Å². The Balaban J connectivity index is 2.41. The van der Waals surface area contributed by atoms with Crippen molar-refractivity contribution in [3.8, 4) is 10.7 Å². The van der Waals surface area contributed by atoms with Crippen LogP contribution in [0.1, 0.15) is 37.3 Å². The van der Waals surface area contributed by atoms with E-state index in [9.17, 15) is 0 Å². The maximum Gasteiger partial charge on any atom is 0.143 e. The van der Waals surface area contributed by atoms with Crippen LogP contribution in [-0.2, 0) is 6.54 Å². The number of halogens is 2. The first-order valence-corrected chi connectivity index (χ1v) is 8.11. The van der Waals surface area contributed by atoms with Crippen molar-refractivity contribution in [1.29, 1.82) is 0 Å². The molecule has 0 amide bonds. The summed E-state index contributed by atoms with van der Waals surface area (Å²) in [5.74, 6) is 0.375. The van der Waals surface area contributed by atoms with E-state index < -0.39 is 0 Å². The average molecular weight is 330 g/mol. The molecule has 0 saturated heterocycles. The fourth-order valence-corrected chi connectivity index (χ4v) is 3.58. The van der Waals surface area contributed by atoms with Gasteiger partial charge in [-0.25, -0.2) is 4.98 Å². The second-order valence-corrected chi connectivity index (χ2v) is 6.67. The van der Waals surface area contributed by atoms with E-state index in [4.69, 9.17) is 28.2 Å². The lowest BCUT2D eigenvalue weighted by atomic mass is 10.1. The number of hydrogen-bond acceptors (Lipinski definition) is 4. The van der Waals surface area contributed by atoms with Crippen LogP contribution in [0, 0.1) is 0 Å². The van der Waals surface area contributed by atoms with E-state index in [2.05, 4.69) is 31.1 Å². The summed E-state index contributed by atoms with van der Waals surface area (Å²) >= 11 is 13.7. The monoisotopic (exact) mass is 329 g/mol. The summed E-state index contributed by atoms with van der Waals surface area (Å²) in [5.41, 5.74) is 1.81. The molecule has 0 bridgehead atoms. The second kappa shape index (κ2) is 6.85. The minimum Gasteiger partial charge on any atom is -0.312 e. The molecule has 0 spiro atoms. The standard InChI is InChI=1S/C14H17Cl2N3S/c1-4-17-7-11-12(8(2)3)19-14(20-11)13-10(16)5-9(15)6-18-13/h5-6,8,17H,4,7H2,1-3H3. The van der Waals surface area contributed by atoms with E-state index in [1.54, 1.807) is 23.6 Å². The third-order valence-corrected chi connectivity index (χ3v) is 4.39. The summed E-state index contributed by atoms with van der Waals surface area (Å²) < 4.78 is 0. The highest BCUT2D eigenvalue weighted by Crippen LogP contribution is 2.34. The maximum atomic E-state index is 6.21. The summed E-state index contributed by atoms with van der Waals surface area (Å²) in [6.45, 7) is 8.14. The van der Waals surface area contributed by atoms with E-state index >= 15 is 0 Å². The first-order chi connectivity index (χ1) is 9.52. The zero-order valence-corrected chi connectivity index (χ0v) is 14.0. The third-order valence-electron chi connectivity index (χ3n) is 2.82. The number of thiazole rings is 1. The van der Waals surface area contributed by atoms with E-state index in [-0.39, 0.29) is 0 Å². The predicted octanol–water partition coefficient (Wildman–Crippen LogP) is 4.74. The number of nitrogens with zero attached hydrogens (tertiary/aromatic N) is 2. The van der Waals surface area contributed by atoms with Gasteiger partial charge in [0.1, 0.15) is 10.7 Å². The smallest absolute Gasteiger partial charge is 0.143 e.